The summed E-state index contributed by atoms with van der Waals surface area (Å²) >= 11 is 6.24. The number of nitrogens with one attached hydrogen (secondary N) is 3. The molecule has 0 unspecified atom stereocenters. The number of fused-ring (bicyclic) bond motifs is 2. The van der Waals surface area contributed by atoms with Crippen LogP contribution in [0.1, 0.15) is 49.8 Å². The van der Waals surface area contributed by atoms with Crippen LogP contribution in [0.4, 0.5) is 18.9 Å². The minimum absolute atomic E-state index is 0.103. The number of anilines is 1. The molecule has 0 fully saturated rings. The van der Waals surface area contributed by atoms with Gasteiger partial charge in [-0.05, 0) is 48.6 Å². The lowest BCUT2D eigenvalue weighted by atomic mass is 9.92. The number of hydrogen-bond donors (Lipinski definition) is 3. The van der Waals surface area contributed by atoms with Crippen molar-refractivity contribution < 1.29 is 18.0 Å². The minimum atomic E-state index is -4.59. The van der Waals surface area contributed by atoms with Crippen molar-refractivity contribution >= 4 is 23.2 Å². The molecule has 224 valence electrons. The third-order valence-corrected chi connectivity index (χ3v) is 7.84. The first kappa shape index (κ1) is 30.1. The van der Waals surface area contributed by atoms with E-state index in [-0.39, 0.29) is 41.6 Å². The molecule has 13 heteroatoms. The van der Waals surface area contributed by atoms with E-state index in [1.165, 1.54) is 35.2 Å². The van der Waals surface area contributed by atoms with E-state index in [2.05, 4.69) is 27.3 Å². The van der Waals surface area contributed by atoms with E-state index in [9.17, 15) is 28.0 Å². The van der Waals surface area contributed by atoms with Crippen molar-refractivity contribution in [3.63, 3.8) is 0 Å². The van der Waals surface area contributed by atoms with E-state index in [4.69, 9.17) is 11.6 Å². The third-order valence-electron chi connectivity index (χ3n) is 7.60. The molecule has 0 saturated carbocycles. The maximum Gasteiger partial charge on any atom is 0.433 e. The molecule has 5 rings (SSSR count). The van der Waals surface area contributed by atoms with Gasteiger partial charge >= 0.3 is 6.18 Å². The summed E-state index contributed by atoms with van der Waals surface area (Å²) in [6.45, 7) is 1.85. The Morgan fingerprint density at radius 3 is 2.67 bits per heavy atom. The smallest absolute Gasteiger partial charge is 0.352 e. The molecule has 1 amide bonds. The topological polar surface area (TPSA) is 115 Å². The van der Waals surface area contributed by atoms with Crippen LogP contribution in [0.5, 0.6) is 0 Å². The number of aromatic nitrogens is 2. The number of halogens is 4. The number of hydrogen-bond acceptors (Lipinski definition) is 7. The molecule has 0 spiro atoms. The summed E-state index contributed by atoms with van der Waals surface area (Å²) in [4.78, 5) is 30.9. The molecule has 3 N–H and O–H groups in total. The molecule has 2 bridgehead atoms. The van der Waals surface area contributed by atoms with Crippen LogP contribution in [0.25, 0.3) is 11.3 Å². The van der Waals surface area contributed by atoms with Crippen LogP contribution in [-0.2, 0) is 11.2 Å². The Morgan fingerprint density at radius 2 is 1.95 bits per heavy atom. The molecular formula is C30H29ClF3N7O2. The predicted molar refractivity (Wildman–Crippen MR) is 155 cm³/mol. The monoisotopic (exact) mass is 611 g/mol. The number of carbonyl (C=O) groups excluding carboxylic acids is 1. The second-order valence-corrected chi connectivity index (χ2v) is 11.1. The summed E-state index contributed by atoms with van der Waals surface area (Å²) in [5, 5.41) is 13.8. The summed E-state index contributed by atoms with van der Waals surface area (Å²) in [5.41, 5.74) is 5.95. The number of rotatable bonds is 4. The molecule has 3 aromatic rings. The summed E-state index contributed by atoms with van der Waals surface area (Å²) in [7, 11) is 0. The van der Waals surface area contributed by atoms with Crippen molar-refractivity contribution in [1.82, 2.24) is 25.8 Å². The van der Waals surface area contributed by atoms with Crippen LogP contribution in [0, 0.1) is 17.2 Å². The first-order valence-corrected chi connectivity index (χ1v) is 14.2. The Kier molecular flexibility index (Phi) is 8.75. The molecule has 0 radical (unpaired) electrons. The molecule has 3 heterocycles. The highest BCUT2D eigenvalue weighted by molar-refractivity contribution is 6.31. The maximum absolute atomic E-state index is 13.6. The summed E-state index contributed by atoms with van der Waals surface area (Å²) in [6.07, 6.45) is 0.189. The predicted octanol–water partition coefficient (Wildman–Crippen LogP) is 5.15. The number of nitrogens with zero attached hydrogens (tertiary/aromatic N) is 4. The fraction of sp³-hybridized carbons (Fsp3) is 0.333. The molecular weight excluding hydrogens is 583 g/mol. The summed E-state index contributed by atoms with van der Waals surface area (Å²) in [5.74, 6) is -0.368. The normalized spacial score (nSPS) is 21.1. The fourth-order valence-corrected chi connectivity index (χ4v) is 5.53. The molecule has 2 aliphatic rings. The zero-order valence-corrected chi connectivity index (χ0v) is 23.9. The number of benzene rings is 2. The van der Waals surface area contributed by atoms with Gasteiger partial charge in [-0.25, -0.2) is 4.98 Å². The molecule has 43 heavy (non-hydrogen) atoms. The number of carbonyl (C=O) groups is 1. The van der Waals surface area contributed by atoms with Crippen LogP contribution < -0.4 is 26.8 Å². The van der Waals surface area contributed by atoms with Crippen LogP contribution in [0.15, 0.2) is 71.5 Å². The zero-order chi connectivity index (χ0) is 30.7. The van der Waals surface area contributed by atoms with Gasteiger partial charge in [0.25, 0.3) is 5.56 Å². The van der Waals surface area contributed by atoms with Crippen LogP contribution >= 0.6 is 11.6 Å². The first-order chi connectivity index (χ1) is 20.5. The zero-order valence-electron chi connectivity index (χ0n) is 23.2. The van der Waals surface area contributed by atoms with Crippen molar-refractivity contribution in [3.8, 4) is 17.3 Å². The van der Waals surface area contributed by atoms with E-state index in [1.54, 1.807) is 0 Å². The van der Waals surface area contributed by atoms with Gasteiger partial charge in [0.1, 0.15) is 0 Å². The average molecular weight is 612 g/mol. The molecule has 1 aromatic heterocycles. The van der Waals surface area contributed by atoms with E-state index < -0.39 is 11.9 Å². The fourth-order valence-electron chi connectivity index (χ4n) is 5.36. The van der Waals surface area contributed by atoms with E-state index in [1.807, 2.05) is 31.2 Å². The number of allylic oxidation sites excluding steroid dienone is 1. The van der Waals surface area contributed by atoms with Gasteiger partial charge in [-0.2, -0.15) is 18.4 Å². The van der Waals surface area contributed by atoms with Gasteiger partial charge in [0.2, 0.25) is 5.91 Å². The van der Waals surface area contributed by atoms with Crippen molar-refractivity contribution in [1.29, 1.82) is 5.26 Å². The van der Waals surface area contributed by atoms with Crippen LogP contribution in [0.3, 0.4) is 0 Å². The van der Waals surface area contributed by atoms with E-state index >= 15 is 0 Å². The number of hydrazine groups is 2. The Bertz CT molecular complexity index is 1650. The highest BCUT2D eigenvalue weighted by atomic mass is 35.5. The van der Waals surface area contributed by atoms with Gasteiger partial charge < -0.3 is 5.32 Å². The SMILES string of the molecule is C[C@@H]1CCC[C@H](n2cnc(-c3cc(Cl)ccc3N3C=C(C(F)(F)F)NN3)cc2=O)c2cccc(c2)C[C@@H](CC#N)NC1=O. The maximum atomic E-state index is 13.6. The second kappa shape index (κ2) is 12.5. The summed E-state index contributed by atoms with van der Waals surface area (Å²) in [6, 6.07) is 15.1. The van der Waals surface area contributed by atoms with Gasteiger partial charge in [-0.15, -0.1) is 5.53 Å². The lowest BCUT2D eigenvalue weighted by Gasteiger charge is -2.25. The third kappa shape index (κ3) is 6.84. The second-order valence-electron chi connectivity index (χ2n) is 10.7. The Balaban J connectivity index is 1.51. The lowest BCUT2D eigenvalue weighted by Crippen LogP contribution is -2.39. The number of amides is 1. The molecule has 9 nitrogen and oxygen atoms in total. The van der Waals surface area contributed by atoms with Crippen LogP contribution in [0.2, 0.25) is 5.02 Å². The Hall–Kier alpha value is -4.34. The quantitative estimate of drug-likeness (QED) is 0.374. The molecule has 0 aliphatic carbocycles. The van der Waals surface area contributed by atoms with Gasteiger partial charge in [-0.1, -0.05) is 49.2 Å². The van der Waals surface area contributed by atoms with Gasteiger partial charge in [0.05, 0.1) is 42.4 Å². The Morgan fingerprint density at radius 1 is 1.14 bits per heavy atom. The van der Waals surface area contributed by atoms with Crippen molar-refractivity contribution in [3.05, 3.63) is 93.3 Å². The van der Waals surface area contributed by atoms with Gasteiger partial charge in [0, 0.05) is 28.6 Å². The molecule has 2 aromatic carbocycles. The van der Waals surface area contributed by atoms with E-state index in [0.717, 1.165) is 22.3 Å². The lowest BCUT2D eigenvalue weighted by molar-refractivity contribution is -0.125. The largest absolute Gasteiger partial charge is 0.433 e. The molecule has 0 saturated heterocycles. The Labute approximate surface area is 250 Å². The van der Waals surface area contributed by atoms with Crippen molar-refractivity contribution in [2.75, 3.05) is 5.01 Å². The highest BCUT2D eigenvalue weighted by Crippen LogP contribution is 2.35. The van der Waals surface area contributed by atoms with Gasteiger partial charge in [-0.3, -0.25) is 24.6 Å². The van der Waals surface area contributed by atoms with Crippen molar-refractivity contribution in [2.24, 2.45) is 5.92 Å². The van der Waals surface area contributed by atoms with E-state index in [0.29, 0.717) is 42.0 Å². The summed E-state index contributed by atoms with van der Waals surface area (Å²) < 4.78 is 41.2. The van der Waals surface area contributed by atoms with Crippen molar-refractivity contribution in [2.45, 2.75) is 57.3 Å². The van der Waals surface area contributed by atoms with Crippen LogP contribution in [-0.4, -0.2) is 27.7 Å². The molecule has 2 aliphatic heterocycles. The number of alkyl halides is 3. The standard InChI is InChI=1S/C30H29ClF3N7O2/c1-18-4-2-7-25(20-6-3-5-19(12-20)13-22(10-11-35)37-29(18)43)40-17-36-24(15-28(40)42)23-14-21(31)8-9-26(23)41-16-27(38-39-41)30(32,33)34/h3,5-6,8-9,12,14-18,22,25,38-39H,2,4,7,10,13H2,1H3,(H,37,43)/t18-,22-,25+/m1/s1. The average Bonchev–Trinajstić information content (AvgIpc) is 3.46. The highest BCUT2D eigenvalue weighted by Gasteiger charge is 2.38. The minimum Gasteiger partial charge on any atom is -0.352 e. The van der Waals surface area contributed by atoms with Gasteiger partial charge in [0.15, 0.2) is 5.70 Å². The molecule has 3 atom stereocenters. The first-order valence-electron chi connectivity index (χ1n) is 13.8. The number of nitriles is 1.